The molecule has 0 aliphatic carbocycles. The largest absolute Gasteiger partial charge is 0.470 e. The molecule has 0 aromatic rings. The molecule has 1 heterocycles. The lowest BCUT2D eigenvalue weighted by atomic mass is 10.0. The summed E-state index contributed by atoms with van der Waals surface area (Å²) in [7, 11) is 0. The third kappa shape index (κ3) is 1.35. The van der Waals surface area contributed by atoms with Crippen molar-refractivity contribution < 1.29 is 4.74 Å². The number of hydrogen-bond acceptors (Lipinski definition) is 1. The molecule has 0 bridgehead atoms. The van der Waals surface area contributed by atoms with Crippen molar-refractivity contribution in [3.8, 4) is 0 Å². The first-order chi connectivity index (χ1) is 4.20. The van der Waals surface area contributed by atoms with Gasteiger partial charge < -0.3 is 4.74 Å². The number of rotatable bonds is 0. The van der Waals surface area contributed by atoms with Crippen molar-refractivity contribution in [3.63, 3.8) is 0 Å². The fourth-order valence-electron chi connectivity index (χ4n) is 0.816. The molecule has 9 heavy (non-hydrogen) atoms. The lowest BCUT2D eigenvalue weighted by Crippen LogP contribution is -1.99. The van der Waals surface area contributed by atoms with E-state index in [4.69, 9.17) is 4.74 Å². The zero-order valence-corrected chi connectivity index (χ0v) is 6.14. The van der Waals surface area contributed by atoms with Crippen molar-refractivity contribution in [1.29, 1.82) is 0 Å². The van der Waals surface area contributed by atoms with Crippen LogP contribution in [0.3, 0.4) is 0 Å². The minimum Gasteiger partial charge on any atom is -0.470 e. The highest BCUT2D eigenvalue weighted by Crippen LogP contribution is 2.19. The maximum atomic E-state index is 5.16. The first kappa shape index (κ1) is 6.40. The van der Waals surface area contributed by atoms with Crippen molar-refractivity contribution in [1.82, 2.24) is 0 Å². The second kappa shape index (κ2) is 2.26. The zero-order valence-electron chi connectivity index (χ0n) is 6.14. The molecule has 50 valence electrons. The van der Waals surface area contributed by atoms with Crippen molar-refractivity contribution in [3.05, 3.63) is 23.7 Å². The highest BCUT2D eigenvalue weighted by Gasteiger charge is 2.06. The second-order valence-corrected chi connectivity index (χ2v) is 2.55. The molecule has 0 saturated heterocycles. The number of ether oxygens (including phenoxy) is 1. The Morgan fingerprint density at radius 3 is 2.56 bits per heavy atom. The van der Waals surface area contributed by atoms with E-state index in [9.17, 15) is 0 Å². The van der Waals surface area contributed by atoms with Gasteiger partial charge in [-0.05, 0) is 25.5 Å². The van der Waals surface area contributed by atoms with Crippen LogP contribution in [-0.4, -0.2) is 0 Å². The Bertz CT molecular complexity index is 165. The zero-order chi connectivity index (χ0) is 6.85. The first-order valence-corrected chi connectivity index (χ1v) is 3.22. The molecule has 1 aliphatic heterocycles. The van der Waals surface area contributed by atoms with Gasteiger partial charge >= 0.3 is 0 Å². The van der Waals surface area contributed by atoms with E-state index in [1.54, 1.807) is 0 Å². The van der Waals surface area contributed by atoms with Gasteiger partial charge in [-0.25, -0.2) is 0 Å². The van der Waals surface area contributed by atoms with Gasteiger partial charge in [-0.15, -0.1) is 0 Å². The van der Waals surface area contributed by atoms with Gasteiger partial charge in [0.25, 0.3) is 0 Å². The van der Waals surface area contributed by atoms with Crippen LogP contribution in [0.15, 0.2) is 23.7 Å². The number of allylic oxidation sites excluding steroid dienone is 3. The van der Waals surface area contributed by atoms with Gasteiger partial charge in [0.15, 0.2) is 0 Å². The van der Waals surface area contributed by atoms with Gasteiger partial charge in [-0.3, -0.25) is 0 Å². The third-order valence-electron chi connectivity index (χ3n) is 1.63. The Kier molecular flexibility index (Phi) is 1.60. The Labute approximate surface area is 56.0 Å². The van der Waals surface area contributed by atoms with Crippen molar-refractivity contribution in [2.24, 2.45) is 5.92 Å². The van der Waals surface area contributed by atoms with E-state index in [0.29, 0.717) is 5.92 Å². The second-order valence-electron chi connectivity index (χ2n) is 2.55. The third-order valence-corrected chi connectivity index (χ3v) is 1.63. The molecule has 0 radical (unpaired) electrons. The van der Waals surface area contributed by atoms with E-state index in [1.165, 1.54) is 5.57 Å². The maximum Gasteiger partial charge on any atom is 0.0967 e. The molecule has 0 fully saturated rings. The molecule has 1 atom stereocenters. The van der Waals surface area contributed by atoms with Gasteiger partial charge in [0, 0.05) is 5.92 Å². The van der Waals surface area contributed by atoms with E-state index in [1.807, 2.05) is 13.2 Å². The fraction of sp³-hybridized carbons (Fsp3) is 0.500. The molecule has 0 saturated carbocycles. The fourth-order valence-corrected chi connectivity index (χ4v) is 0.816. The van der Waals surface area contributed by atoms with Gasteiger partial charge in [0.1, 0.15) is 0 Å². The molecule has 1 nitrogen and oxygen atoms in total. The topological polar surface area (TPSA) is 9.23 Å². The molecule has 0 aromatic heterocycles. The molecule has 1 heteroatoms. The van der Waals surface area contributed by atoms with E-state index >= 15 is 0 Å². The van der Waals surface area contributed by atoms with Gasteiger partial charge in [0.05, 0.1) is 12.0 Å². The minimum atomic E-state index is 0.554. The highest BCUT2D eigenvalue weighted by atomic mass is 16.5. The monoisotopic (exact) mass is 124 g/mol. The molecule has 0 aromatic carbocycles. The Hall–Kier alpha value is -0.720. The van der Waals surface area contributed by atoms with Crippen LogP contribution in [0.2, 0.25) is 0 Å². The predicted molar refractivity (Wildman–Crippen MR) is 37.8 cm³/mol. The van der Waals surface area contributed by atoms with Crippen LogP contribution in [0.25, 0.3) is 0 Å². The molecule has 0 N–H and O–H groups in total. The average Bonchev–Trinajstić information content (AvgIpc) is 1.80. The molecule has 1 rings (SSSR count). The van der Waals surface area contributed by atoms with Crippen LogP contribution < -0.4 is 0 Å². The van der Waals surface area contributed by atoms with Crippen LogP contribution in [0, 0.1) is 5.92 Å². The maximum absolute atomic E-state index is 5.16. The predicted octanol–water partition coefficient (Wildman–Crippen LogP) is 2.46. The lowest BCUT2D eigenvalue weighted by molar-refractivity contribution is 0.330. The summed E-state index contributed by atoms with van der Waals surface area (Å²) in [6.45, 7) is 6.21. The van der Waals surface area contributed by atoms with Gasteiger partial charge in [-0.1, -0.05) is 6.92 Å². The summed E-state index contributed by atoms with van der Waals surface area (Å²) in [5.74, 6) is 1.56. The van der Waals surface area contributed by atoms with E-state index in [-0.39, 0.29) is 0 Å². The van der Waals surface area contributed by atoms with E-state index in [2.05, 4.69) is 19.9 Å². The molecular formula is C8H12O. The van der Waals surface area contributed by atoms with Crippen LogP contribution in [0.1, 0.15) is 20.8 Å². The van der Waals surface area contributed by atoms with E-state index < -0.39 is 0 Å². The quantitative estimate of drug-likeness (QED) is 0.482. The average molecular weight is 124 g/mol. The van der Waals surface area contributed by atoms with Gasteiger partial charge in [0.2, 0.25) is 0 Å². The molecular weight excluding hydrogens is 112 g/mol. The molecule has 1 unspecified atom stereocenters. The summed E-state index contributed by atoms with van der Waals surface area (Å²) in [6.07, 6.45) is 3.94. The smallest absolute Gasteiger partial charge is 0.0967 e. The van der Waals surface area contributed by atoms with Gasteiger partial charge in [-0.2, -0.15) is 0 Å². The summed E-state index contributed by atoms with van der Waals surface area (Å²) < 4.78 is 5.16. The Morgan fingerprint density at radius 1 is 1.44 bits per heavy atom. The van der Waals surface area contributed by atoms with Crippen LogP contribution >= 0.6 is 0 Å². The lowest BCUT2D eigenvalue weighted by Gasteiger charge is -2.14. The number of hydrogen-bond donors (Lipinski definition) is 0. The SMILES string of the molecule is CC1=CC(C)C(C)=CO1. The summed E-state index contributed by atoms with van der Waals surface area (Å²) in [4.78, 5) is 0. The van der Waals surface area contributed by atoms with Crippen LogP contribution in [0.5, 0.6) is 0 Å². The molecule has 0 spiro atoms. The van der Waals surface area contributed by atoms with Crippen molar-refractivity contribution in [2.75, 3.05) is 0 Å². The summed E-state index contributed by atoms with van der Waals surface area (Å²) in [5, 5.41) is 0. The van der Waals surface area contributed by atoms with Crippen molar-refractivity contribution in [2.45, 2.75) is 20.8 Å². The van der Waals surface area contributed by atoms with E-state index in [0.717, 1.165) is 5.76 Å². The first-order valence-electron chi connectivity index (χ1n) is 3.22. The standard InChI is InChI=1S/C8H12O/c1-6-4-8(3)9-5-7(6)2/h4-6H,1-3H3. The minimum absolute atomic E-state index is 0.554. The Balaban J connectivity index is 2.70. The van der Waals surface area contributed by atoms with Crippen molar-refractivity contribution >= 4 is 0 Å². The van der Waals surface area contributed by atoms with Crippen LogP contribution in [-0.2, 0) is 4.74 Å². The summed E-state index contributed by atoms with van der Waals surface area (Å²) >= 11 is 0. The summed E-state index contributed by atoms with van der Waals surface area (Å²) in [5.41, 5.74) is 1.29. The molecule has 0 amide bonds. The normalized spacial score (nSPS) is 26.3. The summed E-state index contributed by atoms with van der Waals surface area (Å²) in [6, 6.07) is 0. The van der Waals surface area contributed by atoms with Crippen LogP contribution in [0.4, 0.5) is 0 Å². The highest BCUT2D eigenvalue weighted by molar-refractivity contribution is 5.13. The Morgan fingerprint density at radius 2 is 2.11 bits per heavy atom. The molecule has 1 aliphatic rings.